The van der Waals surface area contributed by atoms with Crippen LogP contribution in [0.1, 0.15) is 12.7 Å². The summed E-state index contributed by atoms with van der Waals surface area (Å²) in [5.74, 6) is 0.657. The van der Waals surface area contributed by atoms with Gasteiger partial charge in [-0.2, -0.15) is 0 Å². The van der Waals surface area contributed by atoms with Crippen molar-refractivity contribution in [3.8, 4) is 0 Å². The predicted molar refractivity (Wildman–Crippen MR) is 108 cm³/mol. The standard InChI is InChI=1S/C20H23N2O3P/c1-13-11-22(8-7-21-13)15-4-5-18-16(9-15)17(23)10-19(25-18)14-3-6-20(24-2)26-12-14/h3-6,9-10,13,21,26H,7-8,11-12H2,1-2H3/t13-/m0/s1. The Balaban J connectivity index is 1.69. The molecule has 2 aliphatic heterocycles. The third-order valence-electron chi connectivity index (χ3n) is 4.87. The quantitative estimate of drug-likeness (QED) is 0.842. The van der Waals surface area contributed by atoms with Gasteiger partial charge in [-0.1, -0.05) is 6.08 Å². The Hall–Kier alpha value is -2.10. The molecule has 0 radical (unpaired) electrons. The van der Waals surface area contributed by atoms with Crippen LogP contribution in [0.3, 0.4) is 0 Å². The number of benzene rings is 1. The number of fused-ring (bicyclic) bond motifs is 1. The second kappa shape index (κ2) is 7.26. The molecule has 0 spiro atoms. The molecule has 1 unspecified atom stereocenters. The van der Waals surface area contributed by atoms with Gasteiger partial charge in [0.1, 0.15) is 16.8 Å². The maximum Gasteiger partial charge on any atom is 0.193 e. The first-order valence-corrected chi connectivity index (χ1v) is 10.1. The minimum absolute atomic E-state index is 0.0111. The molecule has 2 aromatic rings. The van der Waals surface area contributed by atoms with Crippen molar-refractivity contribution in [2.24, 2.45) is 0 Å². The Morgan fingerprint density at radius 2 is 2.19 bits per heavy atom. The number of nitrogens with zero attached hydrogens (tertiary/aromatic N) is 1. The van der Waals surface area contributed by atoms with Gasteiger partial charge in [0.25, 0.3) is 0 Å². The molecule has 0 aliphatic carbocycles. The van der Waals surface area contributed by atoms with E-state index in [9.17, 15) is 4.79 Å². The molecule has 2 atom stereocenters. The molecule has 5 nitrogen and oxygen atoms in total. The number of piperazine rings is 1. The smallest absolute Gasteiger partial charge is 0.193 e. The van der Waals surface area contributed by atoms with E-state index in [0.717, 1.165) is 42.6 Å². The molecule has 4 rings (SSSR count). The van der Waals surface area contributed by atoms with Crippen LogP contribution in [0.2, 0.25) is 0 Å². The van der Waals surface area contributed by atoms with Crippen molar-refractivity contribution in [1.82, 2.24) is 5.32 Å². The van der Waals surface area contributed by atoms with Gasteiger partial charge in [-0.3, -0.25) is 4.79 Å². The summed E-state index contributed by atoms with van der Waals surface area (Å²) in [6.45, 7) is 5.02. The number of ether oxygens (including phenoxy) is 1. The highest BCUT2D eigenvalue weighted by Crippen LogP contribution is 2.35. The van der Waals surface area contributed by atoms with Crippen molar-refractivity contribution in [2.45, 2.75) is 13.0 Å². The second-order valence-electron chi connectivity index (χ2n) is 6.74. The molecule has 2 aliphatic rings. The van der Waals surface area contributed by atoms with E-state index in [1.807, 2.05) is 30.4 Å². The monoisotopic (exact) mass is 370 g/mol. The lowest BCUT2D eigenvalue weighted by Gasteiger charge is -2.33. The summed E-state index contributed by atoms with van der Waals surface area (Å²) >= 11 is 0. The number of methoxy groups -OCH3 is 1. The van der Waals surface area contributed by atoms with E-state index in [1.165, 1.54) is 0 Å². The minimum atomic E-state index is 0.0111. The van der Waals surface area contributed by atoms with Crippen molar-refractivity contribution >= 4 is 30.8 Å². The third kappa shape index (κ3) is 3.42. The van der Waals surface area contributed by atoms with Gasteiger partial charge in [0.05, 0.1) is 12.5 Å². The summed E-state index contributed by atoms with van der Waals surface area (Å²) < 4.78 is 11.3. The van der Waals surface area contributed by atoms with Gasteiger partial charge < -0.3 is 19.4 Å². The lowest BCUT2D eigenvalue weighted by molar-refractivity contribution is 0.323. The Bertz CT molecular complexity index is 948. The van der Waals surface area contributed by atoms with Gasteiger partial charge in [-0.15, -0.1) is 0 Å². The number of rotatable bonds is 3. The Morgan fingerprint density at radius 1 is 1.31 bits per heavy atom. The molecule has 0 bridgehead atoms. The summed E-state index contributed by atoms with van der Waals surface area (Å²) in [5, 5.41) is 4.08. The van der Waals surface area contributed by atoms with Crippen molar-refractivity contribution < 1.29 is 9.15 Å². The molecule has 0 amide bonds. The number of hydrogen-bond acceptors (Lipinski definition) is 5. The van der Waals surface area contributed by atoms with Crippen LogP contribution >= 0.6 is 8.58 Å². The normalized spacial score (nSPS) is 21.6. The molecule has 3 heterocycles. The molecule has 1 aromatic heterocycles. The molecule has 0 saturated carbocycles. The average molecular weight is 370 g/mol. The van der Waals surface area contributed by atoms with Crippen molar-refractivity contribution in [3.05, 3.63) is 57.9 Å². The van der Waals surface area contributed by atoms with Crippen LogP contribution in [-0.2, 0) is 4.74 Å². The highest BCUT2D eigenvalue weighted by molar-refractivity contribution is 7.43. The SMILES string of the molecule is COC1=CC=C(c2cc(=O)c3cc(N4CCN[C@@H](C)C4)ccc3o2)CP1. The topological polar surface area (TPSA) is 54.7 Å². The van der Waals surface area contributed by atoms with Crippen molar-refractivity contribution in [1.29, 1.82) is 0 Å². The summed E-state index contributed by atoms with van der Waals surface area (Å²) in [4.78, 5) is 15.0. The van der Waals surface area contributed by atoms with E-state index in [-0.39, 0.29) is 5.43 Å². The van der Waals surface area contributed by atoms with Gasteiger partial charge >= 0.3 is 0 Å². The Kier molecular flexibility index (Phi) is 4.84. The number of allylic oxidation sites excluding steroid dienone is 3. The van der Waals surface area contributed by atoms with E-state index < -0.39 is 0 Å². The minimum Gasteiger partial charge on any atom is -0.497 e. The molecule has 26 heavy (non-hydrogen) atoms. The van der Waals surface area contributed by atoms with Crippen LogP contribution in [0.25, 0.3) is 16.5 Å². The van der Waals surface area contributed by atoms with E-state index in [2.05, 4.69) is 17.1 Å². The summed E-state index contributed by atoms with van der Waals surface area (Å²) in [6, 6.07) is 8.00. The molecule has 1 N–H and O–H groups in total. The first-order valence-electron chi connectivity index (χ1n) is 8.89. The van der Waals surface area contributed by atoms with E-state index in [0.29, 0.717) is 31.4 Å². The van der Waals surface area contributed by atoms with Crippen molar-refractivity contribution in [3.63, 3.8) is 0 Å². The molecule has 1 aromatic carbocycles. The highest BCUT2D eigenvalue weighted by atomic mass is 31.1. The van der Waals surface area contributed by atoms with E-state index in [4.69, 9.17) is 9.15 Å². The van der Waals surface area contributed by atoms with Crippen LogP contribution < -0.4 is 15.6 Å². The predicted octanol–water partition coefficient (Wildman–Crippen LogP) is 3.15. The van der Waals surface area contributed by atoms with Crippen LogP contribution in [0.5, 0.6) is 0 Å². The third-order valence-corrected chi connectivity index (χ3v) is 6.15. The lowest BCUT2D eigenvalue weighted by atomic mass is 10.1. The fourth-order valence-corrected chi connectivity index (χ4v) is 4.45. The van der Waals surface area contributed by atoms with Crippen LogP contribution in [0.4, 0.5) is 5.69 Å². The lowest BCUT2D eigenvalue weighted by Crippen LogP contribution is -2.49. The van der Waals surface area contributed by atoms with Gasteiger partial charge in [-0.25, -0.2) is 0 Å². The molecule has 6 heteroatoms. The maximum absolute atomic E-state index is 12.7. The fraction of sp³-hybridized carbons (Fsp3) is 0.350. The van der Waals surface area contributed by atoms with Crippen LogP contribution in [-0.4, -0.2) is 38.9 Å². The number of anilines is 1. The zero-order valence-electron chi connectivity index (χ0n) is 15.0. The molecular weight excluding hydrogens is 347 g/mol. The molecule has 1 fully saturated rings. The van der Waals surface area contributed by atoms with Gasteiger partial charge in [-0.05, 0) is 45.4 Å². The van der Waals surface area contributed by atoms with Gasteiger partial charge in [0.15, 0.2) is 5.43 Å². The first-order chi connectivity index (χ1) is 12.6. The molecule has 136 valence electrons. The van der Waals surface area contributed by atoms with Crippen LogP contribution in [0.15, 0.2) is 51.1 Å². The summed E-state index contributed by atoms with van der Waals surface area (Å²) in [5.41, 5.74) is 3.76. The fourth-order valence-electron chi connectivity index (χ4n) is 3.45. The van der Waals surface area contributed by atoms with E-state index in [1.54, 1.807) is 13.2 Å². The largest absolute Gasteiger partial charge is 0.497 e. The molecular formula is C20H23N2O3P. The van der Waals surface area contributed by atoms with E-state index >= 15 is 0 Å². The summed E-state index contributed by atoms with van der Waals surface area (Å²) in [6.07, 6.45) is 4.77. The second-order valence-corrected chi connectivity index (χ2v) is 7.94. The van der Waals surface area contributed by atoms with Gasteiger partial charge in [0, 0.05) is 43.6 Å². The molecule has 1 saturated heterocycles. The summed E-state index contributed by atoms with van der Waals surface area (Å²) in [7, 11) is 2.25. The maximum atomic E-state index is 12.7. The number of nitrogens with one attached hydrogen (secondary N) is 1. The van der Waals surface area contributed by atoms with Gasteiger partial charge in [0.2, 0.25) is 0 Å². The van der Waals surface area contributed by atoms with Crippen molar-refractivity contribution in [2.75, 3.05) is 37.8 Å². The highest BCUT2D eigenvalue weighted by Gasteiger charge is 2.18. The average Bonchev–Trinajstić information content (AvgIpc) is 2.68. The zero-order valence-corrected chi connectivity index (χ0v) is 16.0. The number of hydrogen-bond donors (Lipinski definition) is 1. The Morgan fingerprint density at radius 3 is 2.92 bits per heavy atom. The van der Waals surface area contributed by atoms with Crippen LogP contribution in [0, 0.1) is 0 Å². The Labute approximate surface area is 154 Å². The zero-order chi connectivity index (χ0) is 18.1. The first kappa shape index (κ1) is 17.3.